The van der Waals surface area contributed by atoms with Gasteiger partial charge in [0.1, 0.15) is 5.75 Å². The number of carbonyl (C=O) groups is 1. The Morgan fingerprint density at radius 2 is 1.96 bits per heavy atom. The molecule has 0 spiro atoms. The lowest BCUT2D eigenvalue weighted by Gasteiger charge is -2.29. The third-order valence-corrected chi connectivity index (χ3v) is 7.44. The second kappa shape index (κ2) is 7.86. The van der Waals surface area contributed by atoms with Crippen LogP contribution in [0.4, 0.5) is 11.4 Å². The van der Waals surface area contributed by atoms with Gasteiger partial charge in [-0.3, -0.25) is 9.10 Å². The summed E-state index contributed by atoms with van der Waals surface area (Å²) in [7, 11) is -1.82. The fourth-order valence-electron chi connectivity index (χ4n) is 3.95. The van der Waals surface area contributed by atoms with Crippen LogP contribution in [0.25, 0.3) is 0 Å². The lowest BCUT2D eigenvalue weighted by molar-refractivity contribution is -0.120. The summed E-state index contributed by atoms with van der Waals surface area (Å²) in [6.07, 6.45) is 6.10. The number of nitrogens with zero attached hydrogens (tertiary/aromatic N) is 1. The van der Waals surface area contributed by atoms with Crippen LogP contribution in [0.1, 0.15) is 45.4 Å². The number of carbonyl (C=O) groups excluding carboxylic acids is 1. The zero-order valence-corrected chi connectivity index (χ0v) is 16.3. The van der Waals surface area contributed by atoms with Gasteiger partial charge >= 0.3 is 0 Å². The maximum atomic E-state index is 12.6. The highest BCUT2D eigenvalue weighted by molar-refractivity contribution is 7.92. The van der Waals surface area contributed by atoms with E-state index in [4.69, 9.17) is 4.74 Å². The van der Waals surface area contributed by atoms with Gasteiger partial charge in [-0.15, -0.1) is 0 Å². The Hall–Kier alpha value is -1.76. The second-order valence-corrected chi connectivity index (χ2v) is 9.32. The highest BCUT2D eigenvalue weighted by Crippen LogP contribution is 2.36. The maximum Gasteiger partial charge on any atom is 0.235 e. The summed E-state index contributed by atoms with van der Waals surface area (Å²) in [5, 5.41) is 2.96. The van der Waals surface area contributed by atoms with E-state index in [9.17, 15) is 13.2 Å². The predicted octanol–water partition coefficient (Wildman–Crippen LogP) is 3.39. The van der Waals surface area contributed by atoms with Crippen molar-refractivity contribution in [1.82, 2.24) is 0 Å². The van der Waals surface area contributed by atoms with Crippen molar-refractivity contribution in [2.75, 3.05) is 29.0 Å². The number of benzene rings is 1. The Morgan fingerprint density at radius 1 is 1.23 bits per heavy atom. The summed E-state index contributed by atoms with van der Waals surface area (Å²) in [5.74, 6) is 1.04. The molecular weight excluding hydrogens is 352 g/mol. The van der Waals surface area contributed by atoms with Gasteiger partial charge in [0.05, 0.1) is 18.6 Å². The van der Waals surface area contributed by atoms with Crippen LogP contribution in [0.15, 0.2) is 18.2 Å². The predicted molar refractivity (Wildman–Crippen MR) is 103 cm³/mol. The van der Waals surface area contributed by atoms with Crippen LogP contribution >= 0.6 is 0 Å². The number of amides is 1. The molecule has 1 unspecified atom stereocenters. The van der Waals surface area contributed by atoms with Gasteiger partial charge in [0.15, 0.2) is 0 Å². The molecule has 2 fully saturated rings. The first-order chi connectivity index (χ1) is 12.4. The lowest BCUT2D eigenvalue weighted by Crippen LogP contribution is -2.38. The lowest BCUT2D eigenvalue weighted by atomic mass is 9.92. The van der Waals surface area contributed by atoms with Crippen LogP contribution < -0.4 is 14.4 Å². The van der Waals surface area contributed by atoms with Crippen LogP contribution in [0.3, 0.4) is 0 Å². The van der Waals surface area contributed by atoms with E-state index in [2.05, 4.69) is 5.32 Å². The smallest absolute Gasteiger partial charge is 0.235 e. The Morgan fingerprint density at radius 3 is 2.62 bits per heavy atom. The van der Waals surface area contributed by atoms with E-state index in [0.29, 0.717) is 36.0 Å². The van der Waals surface area contributed by atoms with E-state index in [1.165, 1.54) is 24.3 Å². The van der Waals surface area contributed by atoms with Crippen molar-refractivity contribution in [2.45, 2.75) is 45.4 Å². The number of anilines is 2. The quantitative estimate of drug-likeness (QED) is 0.849. The molecule has 0 radical (unpaired) electrons. The summed E-state index contributed by atoms with van der Waals surface area (Å²) < 4.78 is 31.7. The molecule has 1 saturated heterocycles. The van der Waals surface area contributed by atoms with Crippen molar-refractivity contribution in [1.29, 1.82) is 0 Å². The molecular formula is C19H28N2O4S. The number of nitrogens with one attached hydrogen (secondary N) is 1. The molecule has 6 nitrogen and oxygen atoms in total. The normalized spacial score (nSPS) is 21.4. The summed E-state index contributed by atoms with van der Waals surface area (Å²) in [5.41, 5.74) is 1.11. The van der Waals surface area contributed by atoms with Crippen LogP contribution in [-0.2, 0) is 14.8 Å². The Labute approximate surface area is 156 Å². The Bertz CT molecular complexity index is 757. The zero-order chi connectivity index (χ0) is 18.7. The topological polar surface area (TPSA) is 75.7 Å². The van der Waals surface area contributed by atoms with Gasteiger partial charge in [0.2, 0.25) is 15.9 Å². The third-order valence-electron chi connectivity index (χ3n) is 5.58. The van der Waals surface area contributed by atoms with Crippen LogP contribution in [0.2, 0.25) is 0 Å². The number of hydrogen-bond donors (Lipinski definition) is 1. The van der Waals surface area contributed by atoms with Gasteiger partial charge in [-0.1, -0.05) is 19.8 Å². The van der Waals surface area contributed by atoms with Gasteiger partial charge in [0, 0.05) is 18.2 Å². The third kappa shape index (κ3) is 3.98. The molecule has 1 aliphatic heterocycles. The molecule has 1 aromatic rings. The summed E-state index contributed by atoms with van der Waals surface area (Å²) in [6.45, 7) is 2.42. The van der Waals surface area contributed by atoms with Gasteiger partial charge in [0.25, 0.3) is 0 Å². The van der Waals surface area contributed by atoms with Crippen molar-refractivity contribution in [3.8, 4) is 5.75 Å². The number of sulfonamides is 1. The van der Waals surface area contributed by atoms with E-state index in [1.54, 1.807) is 18.2 Å². The Kier molecular flexibility index (Phi) is 5.75. The Balaban J connectivity index is 1.82. The monoisotopic (exact) mass is 380 g/mol. The first-order valence-corrected chi connectivity index (χ1v) is 11.0. The number of methoxy groups -OCH3 is 1. The first-order valence-electron chi connectivity index (χ1n) is 9.41. The van der Waals surface area contributed by atoms with Crippen molar-refractivity contribution in [2.24, 2.45) is 11.8 Å². The average molecular weight is 381 g/mol. The molecule has 1 aromatic carbocycles. The van der Waals surface area contributed by atoms with Crippen molar-refractivity contribution < 1.29 is 17.9 Å². The van der Waals surface area contributed by atoms with E-state index in [-0.39, 0.29) is 17.6 Å². The minimum absolute atomic E-state index is 0.00508. The van der Waals surface area contributed by atoms with Crippen LogP contribution in [0, 0.1) is 11.8 Å². The van der Waals surface area contributed by atoms with E-state index < -0.39 is 10.0 Å². The molecule has 2 aliphatic rings. The molecule has 1 atom stereocenters. The summed E-state index contributed by atoms with van der Waals surface area (Å²) in [6, 6.07) is 5.19. The summed E-state index contributed by atoms with van der Waals surface area (Å²) in [4.78, 5) is 12.6. The van der Waals surface area contributed by atoms with Crippen molar-refractivity contribution in [3.63, 3.8) is 0 Å². The van der Waals surface area contributed by atoms with E-state index >= 15 is 0 Å². The van der Waals surface area contributed by atoms with Crippen molar-refractivity contribution in [3.05, 3.63) is 18.2 Å². The fourth-order valence-corrected chi connectivity index (χ4v) is 5.59. The molecule has 0 aromatic heterocycles. The van der Waals surface area contributed by atoms with E-state index in [0.717, 1.165) is 19.3 Å². The highest BCUT2D eigenvalue weighted by Gasteiger charge is 2.30. The SMILES string of the molecule is COc1ccc(NC(=O)C(C)C2CCCC2)cc1N1CCCCS1(=O)=O. The zero-order valence-electron chi connectivity index (χ0n) is 15.5. The highest BCUT2D eigenvalue weighted by atomic mass is 32.2. The maximum absolute atomic E-state index is 12.6. The molecule has 144 valence electrons. The van der Waals surface area contributed by atoms with Gasteiger partial charge in [-0.25, -0.2) is 8.42 Å². The molecule has 1 heterocycles. The van der Waals surface area contributed by atoms with Gasteiger partial charge in [-0.05, 0) is 49.8 Å². The van der Waals surface area contributed by atoms with Crippen LogP contribution in [0.5, 0.6) is 5.75 Å². The number of hydrogen-bond acceptors (Lipinski definition) is 4. The van der Waals surface area contributed by atoms with Crippen LogP contribution in [-0.4, -0.2) is 33.7 Å². The second-order valence-electron chi connectivity index (χ2n) is 7.30. The fraction of sp³-hybridized carbons (Fsp3) is 0.632. The first kappa shape index (κ1) is 19.0. The standard InChI is InChI=1S/C19H28N2O4S/c1-14(15-7-3-4-8-15)19(22)20-16-9-10-18(25-2)17(13-16)21-11-5-6-12-26(21,23)24/h9-10,13-15H,3-8,11-12H2,1-2H3,(H,20,22). The van der Waals surface area contributed by atoms with Gasteiger partial charge < -0.3 is 10.1 Å². The number of rotatable bonds is 5. The molecule has 3 rings (SSSR count). The minimum atomic E-state index is -3.34. The molecule has 1 saturated carbocycles. The van der Waals surface area contributed by atoms with Gasteiger partial charge in [-0.2, -0.15) is 0 Å². The molecule has 1 amide bonds. The number of ether oxygens (including phenoxy) is 1. The molecule has 7 heteroatoms. The van der Waals surface area contributed by atoms with E-state index in [1.807, 2.05) is 6.92 Å². The molecule has 0 bridgehead atoms. The minimum Gasteiger partial charge on any atom is -0.495 e. The molecule has 26 heavy (non-hydrogen) atoms. The largest absolute Gasteiger partial charge is 0.495 e. The van der Waals surface area contributed by atoms with Crippen molar-refractivity contribution >= 4 is 27.3 Å². The molecule has 1 N–H and O–H groups in total. The summed E-state index contributed by atoms with van der Waals surface area (Å²) >= 11 is 0. The average Bonchev–Trinajstić information content (AvgIpc) is 3.15. The molecule has 1 aliphatic carbocycles.